The summed E-state index contributed by atoms with van der Waals surface area (Å²) >= 11 is 1.37. The number of aliphatic hydroxyl groups is 1. The highest BCUT2D eigenvalue weighted by atomic mass is 32.2. The van der Waals surface area contributed by atoms with Gasteiger partial charge in [0.1, 0.15) is 37.4 Å². The Morgan fingerprint density at radius 2 is 1.93 bits per heavy atom. The highest BCUT2D eigenvalue weighted by Crippen LogP contribution is 2.36. The lowest BCUT2D eigenvalue weighted by molar-refractivity contribution is -0.158. The van der Waals surface area contributed by atoms with E-state index < -0.39 is 24.5 Å². The molecule has 0 aliphatic carbocycles. The normalized spacial score (nSPS) is 25.5. The van der Waals surface area contributed by atoms with Gasteiger partial charge >= 0.3 is 0 Å². The molecule has 1 aliphatic heterocycles. The molecule has 4 atom stereocenters. The number of anilines is 1. The number of nitrogen functional groups attached to an aromatic ring is 1. The Morgan fingerprint density at radius 3 is 2.56 bits per heavy atom. The zero-order valence-corrected chi connectivity index (χ0v) is 16.1. The number of nitrogens with zero attached hydrogens (tertiary/aromatic N) is 4. The lowest BCUT2D eigenvalue weighted by Gasteiger charge is -2.24. The summed E-state index contributed by atoms with van der Waals surface area (Å²) in [5, 5.41) is 10.2. The van der Waals surface area contributed by atoms with Crippen LogP contribution in [0.4, 0.5) is 5.82 Å². The zero-order valence-electron chi connectivity index (χ0n) is 15.3. The number of hydrogen-bond acceptors (Lipinski definition) is 11. The average Bonchev–Trinajstić information content (AvgIpc) is 3.25. The molecule has 0 aromatic carbocycles. The van der Waals surface area contributed by atoms with Gasteiger partial charge in [0.2, 0.25) is 0 Å². The molecular weight excluding hydrogens is 378 g/mol. The monoisotopic (exact) mass is 401 g/mol. The van der Waals surface area contributed by atoms with Gasteiger partial charge in [0, 0.05) is 14.2 Å². The van der Waals surface area contributed by atoms with Crippen LogP contribution in [0.2, 0.25) is 0 Å². The van der Waals surface area contributed by atoms with Crippen molar-refractivity contribution in [1.82, 2.24) is 19.5 Å². The van der Waals surface area contributed by atoms with Crippen LogP contribution in [0.5, 0.6) is 0 Å². The minimum absolute atomic E-state index is 0.0231. The molecule has 4 unspecified atom stereocenters. The highest BCUT2D eigenvalue weighted by molar-refractivity contribution is 7.98. The van der Waals surface area contributed by atoms with Crippen molar-refractivity contribution in [3.63, 3.8) is 0 Å². The minimum atomic E-state index is -0.659. The summed E-state index contributed by atoms with van der Waals surface area (Å²) in [7, 11) is 3.03. The van der Waals surface area contributed by atoms with Crippen LogP contribution in [0.1, 0.15) is 6.23 Å². The molecule has 0 amide bonds. The molecule has 27 heavy (non-hydrogen) atoms. The van der Waals surface area contributed by atoms with Gasteiger partial charge in [0.05, 0.1) is 12.9 Å². The van der Waals surface area contributed by atoms with Crippen LogP contribution in [0.3, 0.4) is 0 Å². The molecule has 11 nitrogen and oxygen atoms in total. The predicted molar refractivity (Wildman–Crippen MR) is 96.0 cm³/mol. The van der Waals surface area contributed by atoms with Gasteiger partial charge in [-0.25, -0.2) is 15.0 Å². The zero-order chi connectivity index (χ0) is 19.4. The molecule has 0 spiro atoms. The van der Waals surface area contributed by atoms with Crippen LogP contribution in [-0.4, -0.2) is 83.6 Å². The molecule has 3 rings (SSSR count). The lowest BCUT2D eigenvalue weighted by atomic mass is 10.1. The van der Waals surface area contributed by atoms with Gasteiger partial charge in [-0.3, -0.25) is 4.57 Å². The van der Waals surface area contributed by atoms with Crippen LogP contribution in [0.15, 0.2) is 11.5 Å². The Balaban J connectivity index is 2.00. The van der Waals surface area contributed by atoms with Gasteiger partial charge in [-0.05, 0) is 6.26 Å². The second-order valence-electron chi connectivity index (χ2n) is 5.74. The van der Waals surface area contributed by atoms with Crippen molar-refractivity contribution >= 4 is 28.7 Å². The fourth-order valence-corrected chi connectivity index (χ4v) is 3.31. The molecular formula is C15H23N5O6S. The van der Waals surface area contributed by atoms with Crippen molar-refractivity contribution in [2.24, 2.45) is 0 Å². The van der Waals surface area contributed by atoms with E-state index >= 15 is 0 Å². The number of nitrogens with two attached hydrogens (primary N) is 1. The van der Waals surface area contributed by atoms with Crippen LogP contribution in [0.25, 0.3) is 11.2 Å². The number of ether oxygens (including phenoxy) is 5. The van der Waals surface area contributed by atoms with Gasteiger partial charge in [-0.2, -0.15) is 0 Å². The van der Waals surface area contributed by atoms with Crippen LogP contribution >= 0.6 is 11.8 Å². The number of aromatic nitrogens is 4. The van der Waals surface area contributed by atoms with E-state index in [1.54, 1.807) is 10.9 Å². The highest BCUT2D eigenvalue weighted by Gasteiger charge is 2.47. The third-order valence-electron chi connectivity index (χ3n) is 4.11. The van der Waals surface area contributed by atoms with Gasteiger partial charge in [0.15, 0.2) is 22.8 Å². The van der Waals surface area contributed by atoms with E-state index in [1.165, 1.54) is 26.0 Å². The minimum Gasteiger partial charge on any atom is -0.394 e. The third-order valence-corrected chi connectivity index (χ3v) is 4.65. The number of hydrogen-bond donors (Lipinski definition) is 2. The molecule has 1 fully saturated rings. The van der Waals surface area contributed by atoms with E-state index in [4.69, 9.17) is 29.4 Å². The molecule has 0 bridgehead atoms. The fraction of sp³-hybridized carbons (Fsp3) is 0.667. The number of methoxy groups -OCH3 is 2. The predicted octanol–water partition coefficient (Wildman–Crippen LogP) is -0.00170. The summed E-state index contributed by atoms with van der Waals surface area (Å²) in [4.78, 5) is 13.0. The van der Waals surface area contributed by atoms with Crippen molar-refractivity contribution < 1.29 is 28.8 Å². The van der Waals surface area contributed by atoms with E-state index in [2.05, 4.69) is 15.0 Å². The molecule has 3 N–H and O–H groups in total. The topological polar surface area (TPSA) is 136 Å². The summed E-state index contributed by atoms with van der Waals surface area (Å²) in [6.07, 6.45) is 0.960. The number of aliphatic hydroxyl groups excluding tert-OH is 1. The van der Waals surface area contributed by atoms with Crippen molar-refractivity contribution in [2.75, 3.05) is 46.4 Å². The number of rotatable bonds is 9. The van der Waals surface area contributed by atoms with Crippen LogP contribution < -0.4 is 5.73 Å². The first-order valence-electron chi connectivity index (χ1n) is 8.16. The molecule has 1 saturated heterocycles. The van der Waals surface area contributed by atoms with Gasteiger partial charge in [0.25, 0.3) is 0 Å². The lowest BCUT2D eigenvalue weighted by Crippen LogP contribution is -2.38. The van der Waals surface area contributed by atoms with E-state index in [0.29, 0.717) is 16.3 Å². The van der Waals surface area contributed by atoms with Crippen molar-refractivity contribution in [3.05, 3.63) is 6.33 Å². The SMILES string of the molecule is COCOC1C(CO)OC(n2cnc3c(N)nc(SC)nc32)C1OCOC. The van der Waals surface area contributed by atoms with Gasteiger partial charge in [-0.15, -0.1) is 0 Å². The summed E-state index contributed by atoms with van der Waals surface area (Å²) in [5.74, 6) is 0.279. The van der Waals surface area contributed by atoms with Crippen LogP contribution in [0, 0.1) is 0 Å². The fourth-order valence-electron chi connectivity index (χ4n) is 2.95. The number of fused-ring (bicyclic) bond motifs is 1. The largest absolute Gasteiger partial charge is 0.394 e. The first-order valence-corrected chi connectivity index (χ1v) is 9.38. The molecule has 12 heteroatoms. The first-order chi connectivity index (χ1) is 13.1. The Bertz CT molecular complexity index is 762. The molecule has 0 radical (unpaired) electrons. The smallest absolute Gasteiger partial charge is 0.191 e. The molecule has 150 valence electrons. The second kappa shape index (κ2) is 9.10. The first kappa shape index (κ1) is 20.2. The molecule has 2 aromatic heterocycles. The maximum Gasteiger partial charge on any atom is 0.191 e. The standard InChI is InChI=1S/C15H23N5O6S/c1-22-6-24-10-8(4-21)26-14(11(10)25-7-23-2)20-5-17-9-12(16)18-15(27-3)19-13(9)20/h5,8,10-11,14,21H,4,6-7H2,1-3H3,(H2,16,18,19). The molecule has 3 heterocycles. The van der Waals surface area contributed by atoms with E-state index in [1.807, 2.05) is 6.26 Å². The second-order valence-corrected chi connectivity index (χ2v) is 6.52. The third kappa shape index (κ3) is 4.01. The van der Waals surface area contributed by atoms with Crippen LogP contribution in [-0.2, 0) is 23.7 Å². The maximum absolute atomic E-state index is 9.73. The summed E-state index contributed by atoms with van der Waals surface area (Å²) < 4.78 is 29.2. The Hall–Kier alpha value is -1.54. The molecule has 0 saturated carbocycles. The maximum atomic E-state index is 9.73. The van der Waals surface area contributed by atoms with Gasteiger partial charge < -0.3 is 34.5 Å². The summed E-state index contributed by atoms with van der Waals surface area (Å²) in [5.41, 5.74) is 6.96. The Labute approximate surface area is 160 Å². The van der Waals surface area contributed by atoms with E-state index in [9.17, 15) is 5.11 Å². The van der Waals surface area contributed by atoms with Gasteiger partial charge in [-0.1, -0.05) is 11.8 Å². The quantitative estimate of drug-likeness (QED) is 0.334. The van der Waals surface area contributed by atoms with Crippen molar-refractivity contribution in [1.29, 1.82) is 0 Å². The average molecular weight is 401 g/mol. The number of thioether (sulfide) groups is 1. The van der Waals surface area contributed by atoms with Crippen molar-refractivity contribution in [3.8, 4) is 0 Å². The number of imidazole rings is 1. The van der Waals surface area contributed by atoms with E-state index in [-0.39, 0.29) is 26.0 Å². The van der Waals surface area contributed by atoms with Crippen molar-refractivity contribution in [2.45, 2.75) is 29.7 Å². The summed E-state index contributed by atoms with van der Waals surface area (Å²) in [6, 6.07) is 0. The van der Waals surface area contributed by atoms with E-state index in [0.717, 1.165) is 0 Å². The Kier molecular flexibility index (Phi) is 6.81. The Morgan fingerprint density at radius 1 is 1.22 bits per heavy atom. The summed E-state index contributed by atoms with van der Waals surface area (Å²) in [6.45, 7) is -0.201. The molecule has 2 aromatic rings. The molecule has 1 aliphatic rings.